The minimum Gasteiger partial charge on any atom is -0.335 e. The summed E-state index contributed by atoms with van der Waals surface area (Å²) in [5, 5.41) is 10.3. The lowest BCUT2D eigenvalue weighted by molar-refractivity contribution is -0.142. The van der Waals surface area contributed by atoms with Crippen LogP contribution in [0.3, 0.4) is 0 Å². The van der Waals surface area contributed by atoms with E-state index < -0.39 is 11.8 Å². The topological polar surface area (TPSA) is 78.1 Å². The number of rotatable bonds is 3. The standard InChI is InChI=1S/C13H16N4O2/c1-3-17(4-2)13(19)12(18)15-10-6-5-9-8-14-16-11(9)7-10/h5-8H,3-4H2,1-2H3,(H,14,16)(H,15,18). The summed E-state index contributed by atoms with van der Waals surface area (Å²) in [6, 6.07) is 5.32. The number of H-pyrrole nitrogens is 1. The van der Waals surface area contributed by atoms with Crippen molar-refractivity contribution in [2.75, 3.05) is 18.4 Å². The van der Waals surface area contributed by atoms with Crippen LogP contribution in [0.25, 0.3) is 10.9 Å². The number of amides is 2. The first-order valence-electron chi connectivity index (χ1n) is 6.19. The Labute approximate surface area is 110 Å². The van der Waals surface area contributed by atoms with Gasteiger partial charge in [-0.2, -0.15) is 5.10 Å². The number of fused-ring (bicyclic) bond motifs is 1. The van der Waals surface area contributed by atoms with Crippen molar-refractivity contribution in [2.45, 2.75) is 13.8 Å². The zero-order valence-electron chi connectivity index (χ0n) is 10.9. The maximum Gasteiger partial charge on any atom is 0.313 e. The van der Waals surface area contributed by atoms with Crippen molar-refractivity contribution < 1.29 is 9.59 Å². The molecule has 0 saturated heterocycles. The maximum absolute atomic E-state index is 11.8. The number of carbonyl (C=O) groups excluding carboxylic acids is 2. The minimum atomic E-state index is -0.623. The number of hydrogen-bond donors (Lipinski definition) is 2. The van der Waals surface area contributed by atoms with Crippen molar-refractivity contribution in [3.63, 3.8) is 0 Å². The molecule has 1 heterocycles. The molecule has 19 heavy (non-hydrogen) atoms. The number of benzene rings is 1. The van der Waals surface area contributed by atoms with E-state index >= 15 is 0 Å². The predicted molar refractivity (Wildman–Crippen MR) is 72.7 cm³/mol. The van der Waals surface area contributed by atoms with Gasteiger partial charge in [-0.15, -0.1) is 0 Å². The van der Waals surface area contributed by atoms with Crippen molar-refractivity contribution >= 4 is 28.4 Å². The Balaban J connectivity index is 2.11. The molecule has 6 nitrogen and oxygen atoms in total. The first-order chi connectivity index (χ1) is 9.15. The van der Waals surface area contributed by atoms with Crippen molar-refractivity contribution in [1.29, 1.82) is 0 Å². The van der Waals surface area contributed by atoms with E-state index in [1.54, 1.807) is 18.3 Å². The summed E-state index contributed by atoms with van der Waals surface area (Å²) >= 11 is 0. The molecule has 0 aliphatic heterocycles. The highest BCUT2D eigenvalue weighted by molar-refractivity contribution is 6.39. The number of likely N-dealkylation sites (N-methyl/N-ethyl adjacent to an activating group) is 1. The SMILES string of the molecule is CCN(CC)C(=O)C(=O)Nc1ccc2cn[nH]c2c1. The summed E-state index contributed by atoms with van der Waals surface area (Å²) in [4.78, 5) is 25.1. The quantitative estimate of drug-likeness (QED) is 0.818. The first kappa shape index (κ1) is 13.1. The number of nitrogens with one attached hydrogen (secondary N) is 2. The molecule has 2 rings (SSSR count). The van der Waals surface area contributed by atoms with E-state index in [0.717, 1.165) is 10.9 Å². The van der Waals surface area contributed by atoms with Gasteiger partial charge in [0.15, 0.2) is 0 Å². The molecule has 0 aliphatic rings. The molecular weight excluding hydrogens is 244 g/mol. The minimum absolute atomic E-state index is 0.516. The van der Waals surface area contributed by atoms with Crippen molar-refractivity contribution in [3.05, 3.63) is 24.4 Å². The summed E-state index contributed by atoms with van der Waals surface area (Å²) in [6.45, 7) is 4.71. The highest BCUT2D eigenvalue weighted by Crippen LogP contribution is 2.16. The largest absolute Gasteiger partial charge is 0.335 e. The van der Waals surface area contributed by atoms with Crippen molar-refractivity contribution in [2.24, 2.45) is 0 Å². The molecule has 0 saturated carbocycles. The molecule has 0 unspecified atom stereocenters. The lowest BCUT2D eigenvalue weighted by Crippen LogP contribution is -2.39. The van der Waals surface area contributed by atoms with Crippen LogP contribution in [-0.2, 0) is 9.59 Å². The van der Waals surface area contributed by atoms with Gasteiger partial charge in [0.05, 0.1) is 11.7 Å². The highest BCUT2D eigenvalue weighted by Gasteiger charge is 2.19. The molecule has 0 aliphatic carbocycles. The lowest BCUT2D eigenvalue weighted by atomic mass is 10.2. The van der Waals surface area contributed by atoms with Crippen LogP contribution in [0.1, 0.15) is 13.8 Å². The van der Waals surface area contributed by atoms with Gasteiger partial charge in [-0.3, -0.25) is 14.7 Å². The maximum atomic E-state index is 11.8. The van der Waals surface area contributed by atoms with E-state index in [4.69, 9.17) is 0 Å². The molecule has 0 fully saturated rings. The van der Waals surface area contributed by atoms with Gasteiger partial charge < -0.3 is 10.2 Å². The number of anilines is 1. The van der Waals surface area contributed by atoms with Gasteiger partial charge in [0.1, 0.15) is 0 Å². The zero-order valence-corrected chi connectivity index (χ0v) is 10.9. The van der Waals surface area contributed by atoms with Gasteiger partial charge in [0.25, 0.3) is 0 Å². The first-order valence-corrected chi connectivity index (χ1v) is 6.19. The fourth-order valence-electron chi connectivity index (χ4n) is 1.85. The second-order valence-electron chi connectivity index (χ2n) is 4.10. The fraction of sp³-hybridized carbons (Fsp3) is 0.308. The van der Waals surface area contributed by atoms with Crippen LogP contribution in [-0.4, -0.2) is 40.0 Å². The van der Waals surface area contributed by atoms with E-state index in [2.05, 4.69) is 15.5 Å². The van der Waals surface area contributed by atoms with Crippen LogP contribution in [0.4, 0.5) is 5.69 Å². The molecule has 1 aromatic carbocycles. The Morgan fingerprint density at radius 1 is 1.32 bits per heavy atom. The van der Waals surface area contributed by atoms with E-state index in [9.17, 15) is 9.59 Å². The molecule has 2 N–H and O–H groups in total. The molecule has 0 spiro atoms. The van der Waals surface area contributed by atoms with E-state index in [-0.39, 0.29) is 0 Å². The average Bonchev–Trinajstić information content (AvgIpc) is 2.87. The molecule has 1 aromatic heterocycles. The molecule has 0 atom stereocenters. The predicted octanol–water partition coefficient (Wildman–Crippen LogP) is 1.37. The van der Waals surface area contributed by atoms with Crippen LogP contribution in [0.15, 0.2) is 24.4 Å². The fourth-order valence-corrected chi connectivity index (χ4v) is 1.85. The Bertz CT molecular complexity index is 601. The van der Waals surface area contributed by atoms with Crippen LogP contribution < -0.4 is 5.32 Å². The number of aromatic nitrogens is 2. The van der Waals surface area contributed by atoms with Crippen LogP contribution in [0.2, 0.25) is 0 Å². The van der Waals surface area contributed by atoms with E-state index in [1.807, 2.05) is 19.9 Å². The Morgan fingerprint density at radius 3 is 2.74 bits per heavy atom. The van der Waals surface area contributed by atoms with Gasteiger partial charge in [-0.25, -0.2) is 0 Å². The normalized spacial score (nSPS) is 10.4. The third-order valence-corrected chi connectivity index (χ3v) is 2.94. The van der Waals surface area contributed by atoms with Gasteiger partial charge in [-0.05, 0) is 32.0 Å². The Kier molecular flexibility index (Phi) is 3.79. The second kappa shape index (κ2) is 5.51. The number of carbonyl (C=O) groups is 2. The lowest BCUT2D eigenvalue weighted by Gasteiger charge is -2.17. The summed E-state index contributed by atoms with van der Waals surface area (Å²) in [7, 11) is 0. The Hall–Kier alpha value is -2.37. The highest BCUT2D eigenvalue weighted by atomic mass is 16.2. The molecule has 0 radical (unpaired) electrons. The molecule has 0 bridgehead atoms. The van der Waals surface area contributed by atoms with Gasteiger partial charge in [0.2, 0.25) is 0 Å². The molecular formula is C13H16N4O2. The Morgan fingerprint density at radius 2 is 2.05 bits per heavy atom. The molecule has 2 aromatic rings. The monoisotopic (exact) mass is 260 g/mol. The molecule has 100 valence electrons. The molecule has 2 amide bonds. The second-order valence-corrected chi connectivity index (χ2v) is 4.10. The zero-order chi connectivity index (χ0) is 13.8. The number of hydrogen-bond acceptors (Lipinski definition) is 3. The van der Waals surface area contributed by atoms with Crippen LogP contribution >= 0.6 is 0 Å². The third-order valence-electron chi connectivity index (χ3n) is 2.94. The van der Waals surface area contributed by atoms with Crippen molar-refractivity contribution in [3.8, 4) is 0 Å². The van der Waals surface area contributed by atoms with E-state index in [0.29, 0.717) is 18.8 Å². The van der Waals surface area contributed by atoms with Crippen LogP contribution in [0.5, 0.6) is 0 Å². The smallest absolute Gasteiger partial charge is 0.313 e. The third kappa shape index (κ3) is 2.73. The van der Waals surface area contributed by atoms with Crippen molar-refractivity contribution in [1.82, 2.24) is 15.1 Å². The molecule has 6 heteroatoms. The number of aromatic amines is 1. The summed E-state index contributed by atoms with van der Waals surface area (Å²) in [6.07, 6.45) is 1.70. The summed E-state index contributed by atoms with van der Waals surface area (Å²) < 4.78 is 0. The summed E-state index contributed by atoms with van der Waals surface area (Å²) in [5.74, 6) is -1.14. The summed E-state index contributed by atoms with van der Waals surface area (Å²) in [5.41, 5.74) is 1.38. The van der Waals surface area contributed by atoms with Gasteiger partial charge in [0, 0.05) is 24.2 Å². The van der Waals surface area contributed by atoms with E-state index in [1.165, 1.54) is 4.90 Å². The average molecular weight is 260 g/mol. The number of nitrogens with zero attached hydrogens (tertiary/aromatic N) is 2. The van der Waals surface area contributed by atoms with Crippen LogP contribution in [0, 0.1) is 0 Å². The van der Waals surface area contributed by atoms with Gasteiger partial charge in [-0.1, -0.05) is 0 Å². The van der Waals surface area contributed by atoms with Gasteiger partial charge >= 0.3 is 11.8 Å².